The molecule has 0 aromatic heterocycles. The molecule has 0 aliphatic carbocycles. The average molecular weight is 284 g/mol. The number of likely N-dealkylation sites (tertiary alicyclic amines) is 1. The molecule has 2 heterocycles. The topological polar surface area (TPSA) is 44.7 Å². The molecule has 0 aromatic carbocycles. The number of unbranched alkanes of at least 4 members (excludes halogenated alkanes) is 1. The van der Waals surface area contributed by atoms with Gasteiger partial charge >= 0.3 is 0 Å². The molecule has 2 aliphatic rings. The minimum Gasteiger partial charge on any atom is -0.394 e. The second-order valence-electron chi connectivity index (χ2n) is 7.19. The van der Waals surface area contributed by atoms with E-state index in [1.807, 2.05) is 0 Å². The van der Waals surface area contributed by atoms with Gasteiger partial charge in [-0.2, -0.15) is 0 Å². The van der Waals surface area contributed by atoms with Crippen molar-refractivity contribution in [2.24, 2.45) is 0 Å². The highest BCUT2D eigenvalue weighted by Gasteiger charge is 2.33. The third-order valence-electron chi connectivity index (χ3n) is 4.56. The van der Waals surface area contributed by atoms with E-state index in [-0.39, 0.29) is 12.1 Å². The standard InChI is InChI=1S/C16H32N2O2/c1-13(2)17-16(3,12-19)8-4-5-9-18-10-14-6-7-15(11-18)20-14/h13-15,17,19H,4-12H2,1-3H3. The SMILES string of the molecule is CC(C)NC(C)(CO)CCCCN1CC2CCC(C1)O2. The molecular formula is C16H32N2O2. The Bertz CT molecular complexity index is 286. The van der Waals surface area contributed by atoms with Crippen LogP contribution in [0.2, 0.25) is 0 Å². The minimum atomic E-state index is -0.127. The molecule has 2 saturated heterocycles. The number of nitrogens with one attached hydrogen (secondary N) is 1. The number of hydrogen-bond acceptors (Lipinski definition) is 4. The summed E-state index contributed by atoms with van der Waals surface area (Å²) in [5, 5.41) is 13.1. The van der Waals surface area contributed by atoms with Crippen LogP contribution >= 0.6 is 0 Å². The largest absolute Gasteiger partial charge is 0.394 e. The molecule has 0 radical (unpaired) electrons. The maximum atomic E-state index is 9.57. The summed E-state index contributed by atoms with van der Waals surface area (Å²) >= 11 is 0. The van der Waals surface area contributed by atoms with Crippen molar-refractivity contribution in [3.8, 4) is 0 Å². The summed E-state index contributed by atoms with van der Waals surface area (Å²) in [5.74, 6) is 0. The van der Waals surface area contributed by atoms with Gasteiger partial charge in [0.05, 0.1) is 18.8 Å². The molecule has 118 valence electrons. The normalized spacial score (nSPS) is 29.9. The second-order valence-corrected chi connectivity index (χ2v) is 7.19. The van der Waals surface area contributed by atoms with Gasteiger partial charge in [-0.25, -0.2) is 0 Å². The molecule has 0 spiro atoms. The van der Waals surface area contributed by atoms with E-state index in [1.54, 1.807) is 0 Å². The summed E-state index contributed by atoms with van der Waals surface area (Å²) in [6.45, 7) is 10.0. The van der Waals surface area contributed by atoms with Gasteiger partial charge in [0.25, 0.3) is 0 Å². The van der Waals surface area contributed by atoms with Crippen molar-refractivity contribution >= 4 is 0 Å². The lowest BCUT2D eigenvalue weighted by atomic mass is 9.94. The van der Waals surface area contributed by atoms with Gasteiger partial charge in [0, 0.05) is 24.7 Å². The highest BCUT2D eigenvalue weighted by atomic mass is 16.5. The van der Waals surface area contributed by atoms with Crippen molar-refractivity contribution in [2.75, 3.05) is 26.2 Å². The lowest BCUT2D eigenvalue weighted by Gasteiger charge is -2.33. The highest BCUT2D eigenvalue weighted by Crippen LogP contribution is 2.26. The Morgan fingerprint density at radius 2 is 1.90 bits per heavy atom. The van der Waals surface area contributed by atoms with Crippen LogP contribution in [-0.2, 0) is 4.74 Å². The first-order valence-corrected chi connectivity index (χ1v) is 8.27. The summed E-state index contributed by atoms with van der Waals surface area (Å²) in [4.78, 5) is 2.57. The smallest absolute Gasteiger partial charge is 0.0707 e. The molecule has 4 nitrogen and oxygen atoms in total. The summed E-state index contributed by atoms with van der Waals surface area (Å²) < 4.78 is 5.86. The van der Waals surface area contributed by atoms with Gasteiger partial charge in [0.1, 0.15) is 0 Å². The van der Waals surface area contributed by atoms with E-state index in [1.165, 1.54) is 32.2 Å². The van der Waals surface area contributed by atoms with Crippen molar-refractivity contribution in [3.05, 3.63) is 0 Å². The Labute approximate surface area is 123 Å². The Morgan fingerprint density at radius 1 is 1.25 bits per heavy atom. The summed E-state index contributed by atoms with van der Waals surface area (Å²) in [6, 6.07) is 0.419. The number of morpholine rings is 1. The lowest BCUT2D eigenvalue weighted by Crippen LogP contribution is -2.49. The van der Waals surface area contributed by atoms with E-state index in [9.17, 15) is 5.11 Å². The number of ether oxygens (including phenoxy) is 1. The van der Waals surface area contributed by atoms with E-state index in [4.69, 9.17) is 4.74 Å². The van der Waals surface area contributed by atoms with E-state index in [0.29, 0.717) is 18.2 Å². The maximum absolute atomic E-state index is 9.57. The van der Waals surface area contributed by atoms with Crippen molar-refractivity contribution in [3.63, 3.8) is 0 Å². The highest BCUT2D eigenvalue weighted by molar-refractivity contribution is 4.86. The van der Waals surface area contributed by atoms with Crippen molar-refractivity contribution in [1.82, 2.24) is 10.2 Å². The fourth-order valence-electron chi connectivity index (χ4n) is 3.63. The number of nitrogens with zero attached hydrogens (tertiary/aromatic N) is 1. The first-order chi connectivity index (χ1) is 9.50. The Morgan fingerprint density at radius 3 is 2.45 bits per heavy atom. The van der Waals surface area contributed by atoms with E-state index in [0.717, 1.165) is 19.5 Å². The zero-order valence-electron chi connectivity index (χ0n) is 13.4. The fourth-order valence-corrected chi connectivity index (χ4v) is 3.63. The van der Waals surface area contributed by atoms with Gasteiger partial charge in [0.2, 0.25) is 0 Å². The van der Waals surface area contributed by atoms with Crippen LogP contribution in [0.5, 0.6) is 0 Å². The van der Waals surface area contributed by atoms with E-state index >= 15 is 0 Å². The van der Waals surface area contributed by atoms with E-state index in [2.05, 4.69) is 31.0 Å². The number of hydrogen-bond donors (Lipinski definition) is 2. The Balaban J connectivity index is 1.63. The monoisotopic (exact) mass is 284 g/mol. The molecule has 2 aliphatic heterocycles. The molecule has 3 atom stereocenters. The van der Waals surface area contributed by atoms with Crippen LogP contribution in [0.3, 0.4) is 0 Å². The molecule has 4 heteroatoms. The van der Waals surface area contributed by atoms with Crippen LogP contribution in [0.15, 0.2) is 0 Å². The van der Waals surface area contributed by atoms with E-state index < -0.39 is 0 Å². The summed E-state index contributed by atoms with van der Waals surface area (Å²) in [7, 11) is 0. The van der Waals surface area contributed by atoms with Crippen LogP contribution < -0.4 is 5.32 Å². The molecular weight excluding hydrogens is 252 g/mol. The summed E-state index contributed by atoms with van der Waals surface area (Å²) in [5.41, 5.74) is -0.127. The lowest BCUT2D eigenvalue weighted by molar-refractivity contribution is -0.0387. The number of aliphatic hydroxyl groups is 1. The first-order valence-electron chi connectivity index (χ1n) is 8.27. The van der Waals surface area contributed by atoms with Crippen LogP contribution in [0.4, 0.5) is 0 Å². The van der Waals surface area contributed by atoms with Crippen molar-refractivity contribution in [2.45, 2.75) is 76.7 Å². The number of fused-ring (bicyclic) bond motifs is 2. The first kappa shape index (κ1) is 16.2. The van der Waals surface area contributed by atoms with Gasteiger partial charge in [-0.3, -0.25) is 4.90 Å². The van der Waals surface area contributed by atoms with Gasteiger partial charge in [-0.15, -0.1) is 0 Å². The number of aliphatic hydroxyl groups excluding tert-OH is 1. The summed E-state index contributed by atoms with van der Waals surface area (Å²) in [6.07, 6.45) is 6.93. The quantitative estimate of drug-likeness (QED) is 0.667. The predicted molar refractivity (Wildman–Crippen MR) is 81.9 cm³/mol. The fraction of sp³-hybridized carbons (Fsp3) is 1.00. The second kappa shape index (κ2) is 7.21. The van der Waals surface area contributed by atoms with Crippen LogP contribution in [0, 0.1) is 0 Å². The van der Waals surface area contributed by atoms with Crippen molar-refractivity contribution < 1.29 is 9.84 Å². The van der Waals surface area contributed by atoms with Crippen LogP contribution in [-0.4, -0.2) is 60.0 Å². The molecule has 20 heavy (non-hydrogen) atoms. The zero-order valence-corrected chi connectivity index (χ0v) is 13.4. The molecule has 2 fully saturated rings. The molecule has 2 bridgehead atoms. The average Bonchev–Trinajstić information content (AvgIpc) is 2.73. The van der Waals surface area contributed by atoms with Gasteiger partial charge in [-0.1, -0.05) is 20.3 Å². The Kier molecular flexibility index (Phi) is 5.84. The molecule has 3 unspecified atom stereocenters. The third-order valence-corrected chi connectivity index (χ3v) is 4.56. The molecule has 2 N–H and O–H groups in total. The van der Waals surface area contributed by atoms with Crippen LogP contribution in [0.1, 0.15) is 52.9 Å². The molecule has 2 rings (SSSR count). The van der Waals surface area contributed by atoms with Gasteiger partial charge in [-0.05, 0) is 39.2 Å². The third kappa shape index (κ3) is 4.69. The van der Waals surface area contributed by atoms with Gasteiger partial charge in [0.15, 0.2) is 0 Å². The van der Waals surface area contributed by atoms with Gasteiger partial charge < -0.3 is 15.2 Å². The molecule has 0 saturated carbocycles. The Hall–Kier alpha value is -0.160. The molecule has 0 amide bonds. The molecule has 0 aromatic rings. The predicted octanol–water partition coefficient (Wildman–Crippen LogP) is 1.77. The maximum Gasteiger partial charge on any atom is 0.0707 e. The zero-order chi connectivity index (χ0) is 14.6. The van der Waals surface area contributed by atoms with Crippen LogP contribution in [0.25, 0.3) is 0 Å². The van der Waals surface area contributed by atoms with Crippen molar-refractivity contribution in [1.29, 1.82) is 0 Å². The number of rotatable bonds is 8. The minimum absolute atomic E-state index is 0.127.